The van der Waals surface area contributed by atoms with Crippen molar-refractivity contribution >= 4 is 37.7 Å². The van der Waals surface area contributed by atoms with Crippen LogP contribution >= 0.6 is 0 Å². The number of nitro groups is 1. The molecule has 0 aromatic heterocycles. The summed E-state index contributed by atoms with van der Waals surface area (Å²) in [5.74, 6) is -0.335. The SMILES string of the molecule is O=C(c1ccccc1)c1ccccc1[N+](=O)[O-].[Bi]. The number of nitro benzene ring substituents is 1. The van der Waals surface area contributed by atoms with Crippen LogP contribution in [0.5, 0.6) is 0 Å². The largest absolute Gasteiger partial charge is 0.288 e. The van der Waals surface area contributed by atoms with Gasteiger partial charge in [-0.05, 0) is 6.07 Å². The minimum absolute atomic E-state index is 0. The third-order valence-electron chi connectivity index (χ3n) is 2.38. The molecule has 2 aromatic rings. The summed E-state index contributed by atoms with van der Waals surface area (Å²) in [5, 5.41) is 10.8. The number of hydrogen-bond acceptors (Lipinski definition) is 3. The van der Waals surface area contributed by atoms with E-state index in [1.54, 1.807) is 42.5 Å². The van der Waals surface area contributed by atoms with E-state index in [1.807, 2.05) is 0 Å². The van der Waals surface area contributed by atoms with Gasteiger partial charge in [0.05, 0.1) is 4.92 Å². The minimum atomic E-state index is -0.545. The second kappa shape index (κ2) is 6.36. The summed E-state index contributed by atoms with van der Waals surface area (Å²) < 4.78 is 0. The molecular formula is C13H9BiNO3. The van der Waals surface area contributed by atoms with Crippen molar-refractivity contribution in [1.82, 2.24) is 0 Å². The van der Waals surface area contributed by atoms with Gasteiger partial charge in [0, 0.05) is 37.8 Å². The molecule has 2 rings (SSSR count). The van der Waals surface area contributed by atoms with Gasteiger partial charge >= 0.3 is 0 Å². The van der Waals surface area contributed by atoms with Crippen molar-refractivity contribution in [3.05, 3.63) is 75.8 Å². The molecule has 0 atom stereocenters. The van der Waals surface area contributed by atoms with Gasteiger partial charge < -0.3 is 0 Å². The molecular weight excluding hydrogens is 427 g/mol. The summed E-state index contributed by atoms with van der Waals surface area (Å²) in [5.41, 5.74) is 0.395. The zero-order chi connectivity index (χ0) is 12.3. The summed E-state index contributed by atoms with van der Waals surface area (Å²) >= 11 is 0. The third-order valence-corrected chi connectivity index (χ3v) is 2.38. The summed E-state index contributed by atoms with van der Waals surface area (Å²) in [6.07, 6.45) is 0. The molecule has 2 aromatic carbocycles. The fourth-order valence-electron chi connectivity index (χ4n) is 1.57. The number of benzene rings is 2. The van der Waals surface area contributed by atoms with Crippen LogP contribution in [0.25, 0.3) is 0 Å². The Labute approximate surface area is 123 Å². The van der Waals surface area contributed by atoms with Crippen molar-refractivity contribution < 1.29 is 9.72 Å². The molecule has 18 heavy (non-hydrogen) atoms. The van der Waals surface area contributed by atoms with Gasteiger partial charge in [0.15, 0.2) is 5.78 Å². The Morgan fingerprint density at radius 2 is 1.50 bits per heavy atom. The molecule has 0 heterocycles. The molecule has 3 radical (unpaired) electrons. The Bertz CT molecular complexity index is 569. The number of ketones is 1. The molecule has 0 aliphatic heterocycles. The quantitative estimate of drug-likeness (QED) is 0.322. The van der Waals surface area contributed by atoms with Crippen LogP contribution in [0.15, 0.2) is 54.6 Å². The van der Waals surface area contributed by atoms with E-state index in [0.717, 1.165) is 0 Å². The molecule has 0 spiro atoms. The first-order chi connectivity index (χ1) is 8.20. The molecule has 0 saturated heterocycles. The van der Waals surface area contributed by atoms with Crippen LogP contribution in [0.3, 0.4) is 0 Å². The smallest absolute Gasteiger partial charge is 0.280 e. The van der Waals surface area contributed by atoms with Crippen LogP contribution in [0.2, 0.25) is 0 Å². The van der Waals surface area contributed by atoms with Crippen molar-refractivity contribution in [2.75, 3.05) is 0 Å². The number of hydrogen-bond donors (Lipinski definition) is 0. The zero-order valence-corrected chi connectivity index (χ0v) is 12.8. The van der Waals surface area contributed by atoms with Gasteiger partial charge in [0.1, 0.15) is 5.56 Å². The zero-order valence-electron chi connectivity index (χ0n) is 9.32. The van der Waals surface area contributed by atoms with Crippen molar-refractivity contribution in [2.24, 2.45) is 0 Å². The fraction of sp³-hybridized carbons (Fsp3) is 0. The van der Waals surface area contributed by atoms with E-state index in [4.69, 9.17) is 0 Å². The molecule has 0 bridgehead atoms. The van der Waals surface area contributed by atoms with Crippen LogP contribution in [-0.2, 0) is 0 Å². The molecule has 5 heteroatoms. The maximum absolute atomic E-state index is 12.1. The topological polar surface area (TPSA) is 60.2 Å². The average Bonchev–Trinajstić information content (AvgIpc) is 2.39. The second-order valence-corrected chi connectivity index (χ2v) is 3.47. The van der Waals surface area contributed by atoms with E-state index in [0.29, 0.717) is 5.56 Å². The summed E-state index contributed by atoms with van der Waals surface area (Å²) in [6, 6.07) is 14.5. The maximum atomic E-state index is 12.1. The molecule has 0 fully saturated rings. The molecule has 0 aliphatic rings. The summed E-state index contributed by atoms with van der Waals surface area (Å²) in [7, 11) is 0. The maximum Gasteiger partial charge on any atom is 0.280 e. The Balaban J connectivity index is 0.00000162. The van der Waals surface area contributed by atoms with Crippen LogP contribution < -0.4 is 0 Å². The van der Waals surface area contributed by atoms with Crippen LogP contribution in [0.1, 0.15) is 15.9 Å². The van der Waals surface area contributed by atoms with Gasteiger partial charge in [-0.15, -0.1) is 0 Å². The molecule has 0 amide bonds. The number of rotatable bonds is 3. The van der Waals surface area contributed by atoms with E-state index in [9.17, 15) is 14.9 Å². The third kappa shape index (κ3) is 2.99. The fourth-order valence-corrected chi connectivity index (χ4v) is 1.57. The van der Waals surface area contributed by atoms with Gasteiger partial charge in [-0.2, -0.15) is 0 Å². The van der Waals surface area contributed by atoms with Crippen LogP contribution in [-0.4, -0.2) is 36.9 Å². The Morgan fingerprint density at radius 3 is 2.11 bits per heavy atom. The van der Waals surface area contributed by atoms with E-state index >= 15 is 0 Å². The molecule has 89 valence electrons. The minimum Gasteiger partial charge on any atom is -0.288 e. The number of carbonyl (C=O) groups excluding carboxylic acids is 1. The van der Waals surface area contributed by atoms with Crippen molar-refractivity contribution in [1.29, 1.82) is 0 Å². The Hall–Kier alpha value is -1.61. The van der Waals surface area contributed by atoms with Gasteiger partial charge in [-0.25, -0.2) is 0 Å². The van der Waals surface area contributed by atoms with Crippen molar-refractivity contribution in [3.8, 4) is 0 Å². The predicted octanol–water partition coefficient (Wildman–Crippen LogP) is 2.45. The first kappa shape index (κ1) is 14.5. The standard InChI is InChI=1S/C13H9NO3.Bi/c15-13(10-6-2-1-3-7-10)11-8-4-5-9-12(11)14(16)17;/h1-9H;. The van der Waals surface area contributed by atoms with E-state index < -0.39 is 4.92 Å². The first-order valence-corrected chi connectivity index (χ1v) is 5.03. The number of para-hydroxylation sites is 1. The average molecular weight is 436 g/mol. The summed E-state index contributed by atoms with van der Waals surface area (Å²) in [4.78, 5) is 22.3. The van der Waals surface area contributed by atoms with Gasteiger partial charge in [-0.1, -0.05) is 42.5 Å². The number of carbonyl (C=O) groups is 1. The van der Waals surface area contributed by atoms with Crippen LogP contribution in [0, 0.1) is 10.1 Å². The molecule has 0 N–H and O–H groups in total. The molecule has 4 nitrogen and oxygen atoms in total. The second-order valence-electron chi connectivity index (χ2n) is 3.47. The predicted molar refractivity (Wildman–Crippen MR) is 68.7 cm³/mol. The van der Waals surface area contributed by atoms with Gasteiger partial charge in [0.25, 0.3) is 5.69 Å². The van der Waals surface area contributed by atoms with Gasteiger partial charge in [0.2, 0.25) is 0 Å². The monoisotopic (exact) mass is 436 g/mol. The van der Waals surface area contributed by atoms with Crippen molar-refractivity contribution in [2.45, 2.75) is 0 Å². The van der Waals surface area contributed by atoms with Crippen LogP contribution in [0.4, 0.5) is 5.69 Å². The normalized spacial score (nSPS) is 9.33. The molecule has 0 unspecified atom stereocenters. The van der Waals surface area contributed by atoms with Gasteiger partial charge in [-0.3, -0.25) is 14.9 Å². The Morgan fingerprint density at radius 1 is 0.944 bits per heavy atom. The number of nitrogens with zero attached hydrogens (tertiary/aromatic N) is 1. The van der Waals surface area contributed by atoms with E-state index in [1.165, 1.54) is 12.1 Å². The van der Waals surface area contributed by atoms with E-state index in [-0.39, 0.29) is 43.2 Å². The summed E-state index contributed by atoms with van der Waals surface area (Å²) in [6.45, 7) is 0. The van der Waals surface area contributed by atoms with Crippen molar-refractivity contribution in [3.63, 3.8) is 0 Å². The Kier molecular flexibility index (Phi) is 5.11. The van der Waals surface area contributed by atoms with E-state index in [2.05, 4.69) is 0 Å². The molecule has 0 aliphatic carbocycles. The first-order valence-electron chi connectivity index (χ1n) is 5.03. The molecule has 0 saturated carbocycles.